The van der Waals surface area contributed by atoms with Crippen LogP contribution in [-0.4, -0.2) is 39.5 Å². The fourth-order valence-electron chi connectivity index (χ4n) is 1.94. The van der Waals surface area contributed by atoms with E-state index in [1.165, 1.54) is 0 Å². The number of aromatic nitrogens is 2. The molecule has 1 aromatic heterocycles. The Balaban J connectivity index is 2.46. The molecular weight excluding hydrogens is 210 g/mol. The third kappa shape index (κ3) is 2.11. The van der Waals surface area contributed by atoms with E-state index in [2.05, 4.69) is 14.9 Å². The van der Waals surface area contributed by atoms with Crippen molar-refractivity contribution >= 4 is 5.97 Å². The van der Waals surface area contributed by atoms with Gasteiger partial charge < -0.3 is 15.0 Å². The average molecular weight is 223 g/mol. The quantitative estimate of drug-likeness (QED) is 0.698. The van der Waals surface area contributed by atoms with E-state index < -0.39 is 11.7 Å². The lowest BCUT2D eigenvalue weighted by Gasteiger charge is -2.25. The molecule has 2 heterocycles. The van der Waals surface area contributed by atoms with E-state index in [0.29, 0.717) is 12.2 Å². The van der Waals surface area contributed by atoms with Crippen molar-refractivity contribution < 1.29 is 9.90 Å². The summed E-state index contributed by atoms with van der Waals surface area (Å²) in [5.74, 6) is -0.964. The highest BCUT2D eigenvalue weighted by molar-refractivity contribution is 5.70. The average Bonchev–Trinajstić information content (AvgIpc) is 2.18. The first-order valence-corrected chi connectivity index (χ1v) is 5.07. The standard InChI is InChI=1S/C10H13N3O3/c1-13-3-2-7-6(5-13)8(4-9(14)15)12-10(16)11-7/h2-5H2,1H3,(H,14,15)(H,11,12,16). The third-order valence-corrected chi connectivity index (χ3v) is 2.70. The van der Waals surface area contributed by atoms with Crippen LogP contribution in [-0.2, 0) is 24.2 Å². The molecule has 0 amide bonds. The number of H-pyrrole nitrogens is 1. The zero-order chi connectivity index (χ0) is 11.7. The number of nitrogens with one attached hydrogen (secondary N) is 1. The van der Waals surface area contributed by atoms with Gasteiger partial charge in [-0.1, -0.05) is 0 Å². The van der Waals surface area contributed by atoms with Gasteiger partial charge in [-0.25, -0.2) is 4.79 Å². The number of rotatable bonds is 2. The number of carbonyl (C=O) groups is 1. The summed E-state index contributed by atoms with van der Waals surface area (Å²) in [6.45, 7) is 1.50. The first kappa shape index (κ1) is 10.8. The van der Waals surface area contributed by atoms with Crippen LogP contribution < -0.4 is 5.69 Å². The molecule has 86 valence electrons. The van der Waals surface area contributed by atoms with Crippen molar-refractivity contribution in [3.63, 3.8) is 0 Å². The van der Waals surface area contributed by atoms with Crippen LogP contribution in [0.4, 0.5) is 0 Å². The molecule has 0 aromatic carbocycles. The highest BCUT2D eigenvalue weighted by Crippen LogP contribution is 2.17. The van der Waals surface area contributed by atoms with Crippen LogP contribution in [0.3, 0.4) is 0 Å². The Kier molecular flexibility index (Phi) is 2.74. The highest BCUT2D eigenvalue weighted by Gasteiger charge is 2.20. The van der Waals surface area contributed by atoms with Gasteiger partial charge in [0.05, 0.1) is 12.1 Å². The number of carboxylic acid groups (broad SMARTS) is 1. The Morgan fingerprint density at radius 2 is 2.38 bits per heavy atom. The molecule has 1 aromatic rings. The maximum absolute atomic E-state index is 11.3. The molecule has 0 fully saturated rings. The summed E-state index contributed by atoms with van der Waals surface area (Å²) < 4.78 is 0. The summed E-state index contributed by atoms with van der Waals surface area (Å²) in [6.07, 6.45) is 0.538. The minimum Gasteiger partial charge on any atom is -0.481 e. The number of hydrogen-bond acceptors (Lipinski definition) is 4. The van der Waals surface area contributed by atoms with Gasteiger partial charge in [0.25, 0.3) is 0 Å². The van der Waals surface area contributed by atoms with Crippen LogP contribution in [0.2, 0.25) is 0 Å². The lowest BCUT2D eigenvalue weighted by molar-refractivity contribution is -0.136. The topological polar surface area (TPSA) is 86.3 Å². The molecule has 0 spiro atoms. The van der Waals surface area contributed by atoms with Crippen molar-refractivity contribution in [2.45, 2.75) is 19.4 Å². The van der Waals surface area contributed by atoms with Crippen molar-refractivity contribution in [1.82, 2.24) is 14.9 Å². The maximum atomic E-state index is 11.3. The minimum atomic E-state index is -0.964. The zero-order valence-corrected chi connectivity index (χ0v) is 8.99. The molecule has 0 aliphatic carbocycles. The van der Waals surface area contributed by atoms with Gasteiger partial charge in [0.1, 0.15) is 0 Å². The number of carboxylic acids is 1. The number of aliphatic carboxylic acids is 1. The number of aromatic amines is 1. The molecular formula is C10H13N3O3. The van der Waals surface area contributed by atoms with E-state index in [4.69, 9.17) is 5.11 Å². The van der Waals surface area contributed by atoms with Gasteiger partial charge in [-0.05, 0) is 7.05 Å². The molecule has 1 aliphatic heterocycles. The van der Waals surface area contributed by atoms with Crippen molar-refractivity contribution in [3.8, 4) is 0 Å². The molecule has 0 unspecified atom stereocenters. The molecule has 2 rings (SSSR count). The summed E-state index contributed by atoms with van der Waals surface area (Å²) in [6, 6.07) is 0. The number of hydrogen-bond donors (Lipinski definition) is 2. The Bertz CT molecular complexity index is 481. The van der Waals surface area contributed by atoms with Gasteiger partial charge in [-0.2, -0.15) is 4.98 Å². The fourth-order valence-corrected chi connectivity index (χ4v) is 1.94. The summed E-state index contributed by atoms with van der Waals surface area (Å²) in [5, 5.41) is 8.76. The van der Waals surface area contributed by atoms with E-state index in [1.54, 1.807) is 0 Å². The van der Waals surface area contributed by atoms with Crippen molar-refractivity contribution in [2.75, 3.05) is 13.6 Å². The molecule has 6 heteroatoms. The fraction of sp³-hybridized carbons (Fsp3) is 0.500. The first-order chi connectivity index (χ1) is 7.56. The van der Waals surface area contributed by atoms with E-state index in [0.717, 1.165) is 24.2 Å². The van der Waals surface area contributed by atoms with Crippen LogP contribution in [0.5, 0.6) is 0 Å². The molecule has 1 aliphatic rings. The van der Waals surface area contributed by atoms with Gasteiger partial charge in [0, 0.05) is 30.8 Å². The van der Waals surface area contributed by atoms with Crippen LogP contribution in [0.15, 0.2) is 4.79 Å². The van der Waals surface area contributed by atoms with Crippen LogP contribution in [0, 0.1) is 0 Å². The Labute approximate surface area is 91.9 Å². The van der Waals surface area contributed by atoms with Crippen LogP contribution >= 0.6 is 0 Å². The predicted molar refractivity (Wildman–Crippen MR) is 56.2 cm³/mol. The molecule has 0 saturated carbocycles. The van der Waals surface area contributed by atoms with Gasteiger partial charge in [-0.3, -0.25) is 4.79 Å². The summed E-state index contributed by atoms with van der Waals surface area (Å²) in [5.41, 5.74) is 1.61. The molecule has 0 saturated heterocycles. The first-order valence-electron chi connectivity index (χ1n) is 5.07. The second-order valence-corrected chi connectivity index (χ2v) is 4.00. The smallest absolute Gasteiger partial charge is 0.345 e. The van der Waals surface area contributed by atoms with Crippen molar-refractivity contribution in [1.29, 1.82) is 0 Å². The molecule has 6 nitrogen and oxygen atoms in total. The van der Waals surface area contributed by atoms with Crippen LogP contribution in [0.1, 0.15) is 17.0 Å². The maximum Gasteiger partial charge on any atom is 0.345 e. The van der Waals surface area contributed by atoms with Gasteiger partial charge >= 0.3 is 11.7 Å². The lowest BCUT2D eigenvalue weighted by atomic mass is 10.0. The van der Waals surface area contributed by atoms with Crippen LogP contribution in [0.25, 0.3) is 0 Å². The van der Waals surface area contributed by atoms with Gasteiger partial charge in [0.2, 0.25) is 0 Å². The molecule has 0 bridgehead atoms. The van der Waals surface area contributed by atoms with E-state index in [1.807, 2.05) is 7.05 Å². The normalized spacial score (nSPS) is 15.8. The van der Waals surface area contributed by atoms with E-state index >= 15 is 0 Å². The predicted octanol–water partition coefficient (Wildman–Crippen LogP) is -0.615. The largest absolute Gasteiger partial charge is 0.481 e. The monoisotopic (exact) mass is 223 g/mol. The summed E-state index contributed by atoms with van der Waals surface area (Å²) >= 11 is 0. The summed E-state index contributed by atoms with van der Waals surface area (Å²) in [4.78, 5) is 30.4. The molecule has 0 atom stereocenters. The third-order valence-electron chi connectivity index (χ3n) is 2.70. The number of nitrogens with zero attached hydrogens (tertiary/aromatic N) is 2. The Hall–Kier alpha value is -1.69. The lowest BCUT2D eigenvalue weighted by Crippen LogP contribution is -2.32. The number of fused-ring (bicyclic) bond motifs is 1. The van der Waals surface area contributed by atoms with E-state index in [9.17, 15) is 9.59 Å². The Morgan fingerprint density at radius 3 is 3.06 bits per heavy atom. The van der Waals surface area contributed by atoms with E-state index in [-0.39, 0.29) is 6.42 Å². The number of likely N-dealkylation sites (N-methyl/N-ethyl adjacent to an activating group) is 1. The van der Waals surface area contributed by atoms with Crippen molar-refractivity contribution in [3.05, 3.63) is 27.4 Å². The summed E-state index contributed by atoms with van der Waals surface area (Å²) in [7, 11) is 1.96. The highest BCUT2D eigenvalue weighted by atomic mass is 16.4. The zero-order valence-electron chi connectivity index (χ0n) is 8.99. The minimum absolute atomic E-state index is 0.194. The Morgan fingerprint density at radius 1 is 1.62 bits per heavy atom. The second kappa shape index (κ2) is 4.05. The SMILES string of the molecule is CN1CCc2[nH]c(=O)nc(CC(=O)O)c2C1. The molecule has 0 radical (unpaired) electrons. The molecule has 2 N–H and O–H groups in total. The van der Waals surface area contributed by atoms with Crippen molar-refractivity contribution in [2.24, 2.45) is 0 Å². The van der Waals surface area contributed by atoms with Gasteiger partial charge in [-0.15, -0.1) is 0 Å². The van der Waals surface area contributed by atoms with Gasteiger partial charge in [0.15, 0.2) is 0 Å². The second-order valence-electron chi connectivity index (χ2n) is 4.00. The molecule has 16 heavy (non-hydrogen) atoms.